The van der Waals surface area contributed by atoms with Gasteiger partial charge in [-0.1, -0.05) is 0 Å². The van der Waals surface area contributed by atoms with Crippen LogP contribution in [0, 0.1) is 5.95 Å². The Morgan fingerprint density at radius 2 is 2.16 bits per heavy atom. The first-order valence-corrected chi connectivity index (χ1v) is 7.78. The summed E-state index contributed by atoms with van der Waals surface area (Å²) in [5.74, 6) is -0.0736. The third-order valence-electron chi connectivity index (χ3n) is 4.07. The smallest absolute Gasteiger partial charge is 0.251 e. The summed E-state index contributed by atoms with van der Waals surface area (Å²) in [5.41, 5.74) is 3.64. The lowest BCUT2D eigenvalue weighted by molar-refractivity contribution is 0.0966. The van der Waals surface area contributed by atoms with Gasteiger partial charge in [-0.25, -0.2) is 4.98 Å². The van der Waals surface area contributed by atoms with Gasteiger partial charge in [0.1, 0.15) is 12.4 Å². The lowest BCUT2D eigenvalue weighted by atomic mass is 10.00. The van der Waals surface area contributed by atoms with Gasteiger partial charge in [0, 0.05) is 42.7 Å². The third kappa shape index (κ3) is 2.96. The maximum Gasteiger partial charge on any atom is 0.251 e. The molecule has 7 heteroatoms. The molecule has 0 spiro atoms. The van der Waals surface area contributed by atoms with Crippen LogP contribution in [0.4, 0.5) is 4.39 Å². The lowest BCUT2D eigenvalue weighted by Crippen LogP contribution is -2.12. The summed E-state index contributed by atoms with van der Waals surface area (Å²) in [4.78, 5) is 15.6. The second kappa shape index (κ2) is 6.01. The molecule has 3 aromatic rings. The predicted molar refractivity (Wildman–Crippen MR) is 88.3 cm³/mol. The predicted octanol–water partition coefficient (Wildman–Crippen LogP) is 2.44. The SMILES string of the molecule is Cn1ccc(COc2cc3c(cc2-c2ccc(F)nc2)C(=O)NC3)n1. The molecule has 1 amide bonds. The van der Waals surface area contributed by atoms with Gasteiger partial charge in [0.2, 0.25) is 5.95 Å². The minimum atomic E-state index is -0.557. The zero-order valence-electron chi connectivity index (χ0n) is 13.5. The van der Waals surface area contributed by atoms with Crippen molar-refractivity contribution in [3.8, 4) is 16.9 Å². The van der Waals surface area contributed by atoms with E-state index in [2.05, 4.69) is 15.4 Å². The van der Waals surface area contributed by atoms with Gasteiger partial charge in [0.25, 0.3) is 5.91 Å². The minimum Gasteiger partial charge on any atom is -0.487 e. The minimum absolute atomic E-state index is 0.123. The molecule has 2 aromatic heterocycles. The number of carbonyl (C=O) groups is 1. The first-order chi connectivity index (χ1) is 12.1. The van der Waals surface area contributed by atoms with Crippen molar-refractivity contribution in [3.63, 3.8) is 0 Å². The first kappa shape index (κ1) is 15.3. The molecule has 0 aliphatic carbocycles. The summed E-state index contributed by atoms with van der Waals surface area (Å²) in [7, 11) is 1.84. The molecule has 4 rings (SSSR count). The van der Waals surface area contributed by atoms with E-state index in [4.69, 9.17) is 4.74 Å². The van der Waals surface area contributed by atoms with Crippen molar-refractivity contribution in [2.75, 3.05) is 0 Å². The van der Waals surface area contributed by atoms with Gasteiger partial charge in [-0.05, 0) is 35.9 Å². The number of halogens is 1. The number of nitrogens with one attached hydrogen (secondary N) is 1. The summed E-state index contributed by atoms with van der Waals surface area (Å²) < 4.78 is 20.8. The number of benzene rings is 1. The summed E-state index contributed by atoms with van der Waals surface area (Å²) in [6.07, 6.45) is 3.27. The van der Waals surface area contributed by atoms with E-state index in [9.17, 15) is 9.18 Å². The Hall–Kier alpha value is -3.22. The number of aryl methyl sites for hydroxylation is 1. The molecule has 0 atom stereocenters. The average Bonchev–Trinajstić information content (AvgIpc) is 3.19. The number of hydrogen-bond donors (Lipinski definition) is 1. The zero-order chi connectivity index (χ0) is 17.4. The van der Waals surface area contributed by atoms with Crippen LogP contribution < -0.4 is 10.1 Å². The van der Waals surface area contributed by atoms with Gasteiger partial charge in [-0.3, -0.25) is 9.48 Å². The Balaban J connectivity index is 1.73. The van der Waals surface area contributed by atoms with Gasteiger partial charge >= 0.3 is 0 Å². The molecule has 1 aromatic carbocycles. The zero-order valence-corrected chi connectivity index (χ0v) is 13.5. The molecule has 25 heavy (non-hydrogen) atoms. The number of carbonyl (C=O) groups excluding carboxylic acids is 1. The normalized spacial score (nSPS) is 12.8. The second-order valence-electron chi connectivity index (χ2n) is 5.83. The molecule has 1 aliphatic rings. The van der Waals surface area contributed by atoms with E-state index in [1.807, 2.05) is 25.4 Å². The van der Waals surface area contributed by atoms with Gasteiger partial charge < -0.3 is 10.1 Å². The Bertz CT molecular complexity index is 950. The molecule has 0 bridgehead atoms. The van der Waals surface area contributed by atoms with E-state index in [0.717, 1.165) is 11.3 Å². The van der Waals surface area contributed by atoms with E-state index in [1.54, 1.807) is 16.8 Å². The maximum atomic E-state index is 13.1. The highest BCUT2D eigenvalue weighted by Crippen LogP contribution is 2.34. The fourth-order valence-corrected chi connectivity index (χ4v) is 2.82. The number of aromatic nitrogens is 3. The monoisotopic (exact) mass is 338 g/mol. The van der Waals surface area contributed by atoms with Crippen LogP contribution >= 0.6 is 0 Å². The number of nitrogens with zero attached hydrogens (tertiary/aromatic N) is 3. The molecule has 126 valence electrons. The Morgan fingerprint density at radius 3 is 2.88 bits per heavy atom. The molecule has 3 heterocycles. The maximum absolute atomic E-state index is 13.1. The van der Waals surface area contributed by atoms with E-state index < -0.39 is 5.95 Å². The van der Waals surface area contributed by atoms with E-state index in [0.29, 0.717) is 35.6 Å². The quantitative estimate of drug-likeness (QED) is 0.742. The van der Waals surface area contributed by atoms with Crippen LogP contribution in [0.3, 0.4) is 0 Å². The molecule has 0 unspecified atom stereocenters. The van der Waals surface area contributed by atoms with Crippen LogP contribution in [0.5, 0.6) is 5.75 Å². The number of pyridine rings is 1. The molecule has 0 radical (unpaired) electrons. The highest BCUT2D eigenvalue weighted by molar-refractivity contribution is 6.00. The summed E-state index contributed by atoms with van der Waals surface area (Å²) >= 11 is 0. The summed E-state index contributed by atoms with van der Waals surface area (Å²) in [5, 5.41) is 7.08. The Labute approximate surface area is 143 Å². The van der Waals surface area contributed by atoms with Crippen molar-refractivity contribution >= 4 is 5.91 Å². The van der Waals surface area contributed by atoms with Gasteiger partial charge in [0.15, 0.2) is 0 Å². The van der Waals surface area contributed by atoms with E-state index >= 15 is 0 Å². The van der Waals surface area contributed by atoms with Crippen LogP contribution in [-0.4, -0.2) is 20.7 Å². The highest BCUT2D eigenvalue weighted by Gasteiger charge is 2.22. The molecule has 1 aliphatic heterocycles. The fraction of sp³-hybridized carbons (Fsp3) is 0.167. The average molecular weight is 338 g/mol. The molecule has 0 saturated heterocycles. The van der Waals surface area contributed by atoms with Crippen molar-refractivity contribution in [2.24, 2.45) is 7.05 Å². The number of hydrogen-bond acceptors (Lipinski definition) is 4. The molecule has 6 nitrogen and oxygen atoms in total. The number of amides is 1. The van der Waals surface area contributed by atoms with Crippen LogP contribution in [0.15, 0.2) is 42.7 Å². The fourth-order valence-electron chi connectivity index (χ4n) is 2.82. The Morgan fingerprint density at radius 1 is 1.28 bits per heavy atom. The van der Waals surface area contributed by atoms with Crippen LogP contribution in [0.1, 0.15) is 21.6 Å². The van der Waals surface area contributed by atoms with Crippen LogP contribution in [-0.2, 0) is 20.2 Å². The van der Waals surface area contributed by atoms with Crippen molar-refractivity contribution in [1.82, 2.24) is 20.1 Å². The first-order valence-electron chi connectivity index (χ1n) is 7.78. The van der Waals surface area contributed by atoms with Crippen LogP contribution in [0.25, 0.3) is 11.1 Å². The van der Waals surface area contributed by atoms with Crippen molar-refractivity contribution in [3.05, 3.63) is 65.5 Å². The number of rotatable bonds is 4. The van der Waals surface area contributed by atoms with Crippen molar-refractivity contribution in [2.45, 2.75) is 13.2 Å². The third-order valence-corrected chi connectivity index (χ3v) is 4.07. The highest BCUT2D eigenvalue weighted by atomic mass is 19.1. The second-order valence-corrected chi connectivity index (χ2v) is 5.83. The van der Waals surface area contributed by atoms with Gasteiger partial charge in [-0.15, -0.1) is 0 Å². The molecule has 0 fully saturated rings. The number of fused-ring (bicyclic) bond motifs is 1. The van der Waals surface area contributed by atoms with E-state index in [-0.39, 0.29) is 5.91 Å². The molecular formula is C18H15FN4O2. The molecular weight excluding hydrogens is 323 g/mol. The van der Waals surface area contributed by atoms with E-state index in [1.165, 1.54) is 12.3 Å². The molecule has 0 saturated carbocycles. The Kier molecular flexibility index (Phi) is 3.68. The van der Waals surface area contributed by atoms with Crippen molar-refractivity contribution in [1.29, 1.82) is 0 Å². The molecule has 1 N–H and O–H groups in total. The van der Waals surface area contributed by atoms with Gasteiger partial charge in [-0.2, -0.15) is 9.49 Å². The standard InChI is InChI=1S/C18H15FN4O2/c1-23-5-4-13(22-23)10-25-16-6-12-9-21-18(24)15(12)7-14(16)11-2-3-17(19)20-8-11/h2-8H,9-10H2,1H3,(H,21,24). The topological polar surface area (TPSA) is 69.0 Å². The summed E-state index contributed by atoms with van der Waals surface area (Å²) in [6, 6.07) is 8.38. The number of ether oxygens (including phenoxy) is 1. The summed E-state index contributed by atoms with van der Waals surface area (Å²) in [6.45, 7) is 0.763. The lowest BCUT2D eigenvalue weighted by Gasteiger charge is -2.13. The van der Waals surface area contributed by atoms with Gasteiger partial charge in [0.05, 0.1) is 5.69 Å². The van der Waals surface area contributed by atoms with Crippen molar-refractivity contribution < 1.29 is 13.9 Å². The largest absolute Gasteiger partial charge is 0.487 e. The van der Waals surface area contributed by atoms with Crippen LogP contribution in [0.2, 0.25) is 0 Å².